The molecule has 9 heteroatoms. The smallest absolute Gasteiger partial charge is 0.166 e. The van der Waals surface area contributed by atoms with Crippen molar-refractivity contribution >= 4 is 43.0 Å². The highest BCUT2D eigenvalue weighted by atomic mass is 32.1. The summed E-state index contributed by atoms with van der Waals surface area (Å²) in [6.45, 7) is 1.14. The number of aryl methyl sites for hydroxylation is 1. The third-order valence-corrected chi connectivity index (χ3v) is 7.66. The number of halogens is 6. The van der Waals surface area contributed by atoms with E-state index in [4.69, 9.17) is 0 Å². The van der Waals surface area contributed by atoms with Gasteiger partial charge in [-0.3, -0.25) is 0 Å². The zero-order chi connectivity index (χ0) is 26.8. The standard InChI is InChI=1S/C29H16F6N2S/c1-15-10-21(23(29(33,34)35)14-22(15)28(30,31)32)26-19-11-16-6-2-3-7-17(16)12-20(19)27(37-36-26)25-13-18-8-4-5-9-24(18)38-25/h2-14H,1H3. The molecule has 0 amide bonds. The van der Waals surface area contributed by atoms with E-state index in [-0.39, 0.29) is 17.3 Å². The molecule has 0 aliphatic heterocycles. The highest BCUT2D eigenvalue weighted by molar-refractivity contribution is 7.22. The first-order valence-electron chi connectivity index (χ1n) is 11.5. The molecule has 0 spiro atoms. The lowest BCUT2D eigenvalue weighted by Gasteiger charge is -2.19. The molecule has 0 saturated carbocycles. The first kappa shape index (κ1) is 24.4. The summed E-state index contributed by atoms with van der Waals surface area (Å²) >= 11 is 1.48. The average Bonchev–Trinajstić information content (AvgIpc) is 3.29. The quantitative estimate of drug-likeness (QED) is 0.162. The molecule has 2 aromatic heterocycles. The molecular formula is C29H16F6N2S. The monoisotopic (exact) mass is 538 g/mol. The number of hydrogen-bond acceptors (Lipinski definition) is 3. The van der Waals surface area contributed by atoms with Crippen LogP contribution < -0.4 is 0 Å². The second-order valence-electron chi connectivity index (χ2n) is 9.00. The molecule has 38 heavy (non-hydrogen) atoms. The molecule has 190 valence electrons. The first-order chi connectivity index (χ1) is 18.0. The van der Waals surface area contributed by atoms with Gasteiger partial charge in [0.05, 0.1) is 16.0 Å². The minimum Gasteiger partial charge on any atom is -0.166 e. The molecule has 0 N–H and O–H groups in total. The number of rotatable bonds is 2. The van der Waals surface area contributed by atoms with E-state index >= 15 is 0 Å². The lowest BCUT2D eigenvalue weighted by atomic mass is 9.92. The molecule has 2 nitrogen and oxygen atoms in total. The maximum absolute atomic E-state index is 14.1. The Balaban J connectivity index is 1.70. The molecule has 0 bridgehead atoms. The topological polar surface area (TPSA) is 25.8 Å². The van der Waals surface area contributed by atoms with E-state index in [0.717, 1.165) is 38.7 Å². The summed E-state index contributed by atoms with van der Waals surface area (Å²) < 4.78 is 84.0. The highest BCUT2D eigenvalue weighted by Gasteiger charge is 2.40. The van der Waals surface area contributed by atoms with E-state index in [1.165, 1.54) is 11.3 Å². The van der Waals surface area contributed by atoms with Crippen LogP contribution in [0.4, 0.5) is 26.3 Å². The summed E-state index contributed by atoms with van der Waals surface area (Å²) in [6, 6.07) is 21.7. The molecule has 4 aromatic carbocycles. The van der Waals surface area contributed by atoms with Gasteiger partial charge in [0.25, 0.3) is 0 Å². The summed E-state index contributed by atoms with van der Waals surface area (Å²) in [4.78, 5) is 0.783. The van der Waals surface area contributed by atoms with Crippen LogP contribution >= 0.6 is 11.3 Å². The van der Waals surface area contributed by atoms with E-state index in [1.54, 1.807) is 12.1 Å². The lowest BCUT2D eigenvalue weighted by Crippen LogP contribution is -2.14. The van der Waals surface area contributed by atoms with Crippen molar-refractivity contribution in [3.8, 4) is 21.8 Å². The number of fused-ring (bicyclic) bond motifs is 3. The molecule has 6 aromatic rings. The zero-order valence-corrected chi connectivity index (χ0v) is 20.4. The van der Waals surface area contributed by atoms with E-state index in [9.17, 15) is 26.3 Å². The Kier molecular flexibility index (Phi) is 5.47. The van der Waals surface area contributed by atoms with Crippen LogP contribution in [0, 0.1) is 6.92 Å². The largest absolute Gasteiger partial charge is 0.417 e. The second kappa shape index (κ2) is 8.52. The molecule has 2 heterocycles. The predicted octanol–water partition coefficient (Wildman–Crippen LogP) is 9.68. The summed E-state index contributed by atoms with van der Waals surface area (Å²) in [5.74, 6) is 0. The summed E-state index contributed by atoms with van der Waals surface area (Å²) in [5.41, 5.74) is -3.15. The van der Waals surface area contributed by atoms with Crippen LogP contribution in [0.3, 0.4) is 0 Å². The lowest BCUT2D eigenvalue weighted by molar-refractivity contribution is -0.143. The predicted molar refractivity (Wildman–Crippen MR) is 138 cm³/mol. The van der Waals surface area contributed by atoms with Crippen LogP contribution in [0.15, 0.2) is 78.9 Å². The molecule has 6 rings (SSSR count). The van der Waals surface area contributed by atoms with Crippen LogP contribution in [0.5, 0.6) is 0 Å². The minimum atomic E-state index is -5.04. The molecular weight excluding hydrogens is 522 g/mol. The van der Waals surface area contributed by atoms with Gasteiger partial charge >= 0.3 is 12.4 Å². The fourth-order valence-electron chi connectivity index (χ4n) is 4.76. The Morgan fingerprint density at radius 3 is 1.76 bits per heavy atom. The summed E-state index contributed by atoms with van der Waals surface area (Å²) in [6.07, 6.45) is -9.98. The van der Waals surface area contributed by atoms with Crippen molar-refractivity contribution in [3.63, 3.8) is 0 Å². The Hall–Kier alpha value is -3.98. The maximum Gasteiger partial charge on any atom is 0.417 e. The fourth-order valence-corrected chi connectivity index (χ4v) is 5.82. The van der Waals surface area contributed by atoms with Gasteiger partial charge in [0.1, 0.15) is 11.4 Å². The Bertz CT molecular complexity index is 1830. The van der Waals surface area contributed by atoms with Gasteiger partial charge < -0.3 is 0 Å². The van der Waals surface area contributed by atoms with Crippen LogP contribution in [0.2, 0.25) is 0 Å². The average molecular weight is 539 g/mol. The number of thiophene rings is 1. The number of benzene rings is 4. The number of nitrogens with zero attached hydrogens (tertiary/aromatic N) is 2. The molecule has 0 unspecified atom stereocenters. The van der Waals surface area contributed by atoms with E-state index < -0.39 is 29.0 Å². The Morgan fingerprint density at radius 2 is 1.16 bits per heavy atom. The van der Waals surface area contributed by atoms with Crippen LogP contribution in [-0.2, 0) is 12.4 Å². The van der Waals surface area contributed by atoms with Gasteiger partial charge in [-0.15, -0.1) is 21.5 Å². The summed E-state index contributed by atoms with van der Waals surface area (Å²) in [7, 11) is 0. The van der Waals surface area contributed by atoms with Gasteiger partial charge in [0.2, 0.25) is 0 Å². The number of alkyl halides is 6. The van der Waals surface area contributed by atoms with E-state index in [1.807, 2.05) is 54.6 Å². The van der Waals surface area contributed by atoms with Crippen molar-refractivity contribution in [2.75, 3.05) is 0 Å². The third kappa shape index (κ3) is 4.07. The molecule has 0 saturated heterocycles. The normalized spacial score (nSPS) is 12.6. The van der Waals surface area contributed by atoms with Gasteiger partial charge in [0.15, 0.2) is 0 Å². The van der Waals surface area contributed by atoms with Crippen molar-refractivity contribution in [1.29, 1.82) is 0 Å². The van der Waals surface area contributed by atoms with Crippen molar-refractivity contribution in [1.82, 2.24) is 10.2 Å². The second-order valence-corrected chi connectivity index (χ2v) is 10.1. The third-order valence-electron chi connectivity index (χ3n) is 6.54. The minimum absolute atomic E-state index is 0.125. The van der Waals surface area contributed by atoms with Crippen molar-refractivity contribution in [2.24, 2.45) is 0 Å². The Morgan fingerprint density at radius 1 is 0.605 bits per heavy atom. The van der Waals surface area contributed by atoms with E-state index in [0.29, 0.717) is 16.5 Å². The van der Waals surface area contributed by atoms with Crippen LogP contribution in [-0.4, -0.2) is 10.2 Å². The molecule has 0 aliphatic rings. The van der Waals surface area contributed by atoms with Crippen molar-refractivity contribution in [3.05, 3.63) is 95.6 Å². The molecule has 0 fully saturated rings. The highest BCUT2D eigenvalue weighted by Crippen LogP contribution is 2.45. The van der Waals surface area contributed by atoms with Crippen molar-refractivity contribution in [2.45, 2.75) is 19.3 Å². The number of hydrogen-bond donors (Lipinski definition) is 0. The first-order valence-corrected chi connectivity index (χ1v) is 12.3. The van der Waals surface area contributed by atoms with Gasteiger partial charge in [0, 0.05) is 21.0 Å². The van der Waals surface area contributed by atoms with Gasteiger partial charge in [-0.05, 0) is 65.0 Å². The van der Waals surface area contributed by atoms with Crippen LogP contribution in [0.1, 0.15) is 16.7 Å². The van der Waals surface area contributed by atoms with E-state index in [2.05, 4.69) is 10.2 Å². The van der Waals surface area contributed by atoms with Gasteiger partial charge in [-0.25, -0.2) is 0 Å². The SMILES string of the molecule is Cc1cc(-c2nnc(-c3cc4ccccc4s3)c3cc4ccccc4cc23)c(C(F)(F)F)cc1C(F)(F)F. The molecule has 0 aliphatic carbocycles. The van der Waals surface area contributed by atoms with Gasteiger partial charge in [-0.2, -0.15) is 26.3 Å². The number of aromatic nitrogens is 2. The summed E-state index contributed by atoms with van der Waals surface area (Å²) in [5, 5.41) is 12.1. The maximum atomic E-state index is 14.1. The van der Waals surface area contributed by atoms with Crippen molar-refractivity contribution < 1.29 is 26.3 Å². The zero-order valence-electron chi connectivity index (χ0n) is 19.6. The Labute approximate surface area is 216 Å². The van der Waals surface area contributed by atoms with Crippen LogP contribution in [0.25, 0.3) is 53.5 Å². The molecule has 0 atom stereocenters. The molecule has 0 radical (unpaired) electrons. The fraction of sp³-hybridized carbons (Fsp3) is 0.103. The van der Waals surface area contributed by atoms with Gasteiger partial charge in [-0.1, -0.05) is 42.5 Å².